The first kappa shape index (κ1) is 72.1. The van der Waals surface area contributed by atoms with Gasteiger partial charge < -0.3 is 4.55 Å². The van der Waals surface area contributed by atoms with Gasteiger partial charge in [0.05, 0.1) is 5.75 Å². The summed E-state index contributed by atoms with van der Waals surface area (Å²) in [6.45, 7) is 7.17. The van der Waals surface area contributed by atoms with E-state index in [-0.39, 0.29) is 12.3 Å². The van der Waals surface area contributed by atoms with E-state index >= 15 is 0 Å². The largest absolute Gasteiger partial charge is 0.748 e. The summed E-state index contributed by atoms with van der Waals surface area (Å²) in [7, 11) is -4.32. The number of quaternary nitrogens is 1. The van der Waals surface area contributed by atoms with Crippen LogP contribution in [0, 0.1) is 0 Å². The third-order valence-electron chi connectivity index (χ3n) is 16.1. The van der Waals surface area contributed by atoms with Gasteiger partial charge in [-0.1, -0.05) is 348 Å². The van der Waals surface area contributed by atoms with Gasteiger partial charge in [0.1, 0.15) is 35.3 Å². The van der Waals surface area contributed by atoms with Gasteiger partial charge in [0, 0.05) is 0 Å². The summed E-state index contributed by atoms with van der Waals surface area (Å²) in [6.07, 6.45) is 91.0. The van der Waals surface area contributed by atoms with Gasteiger partial charge in [-0.3, -0.25) is 0 Å². The van der Waals surface area contributed by atoms with Gasteiger partial charge in [0.2, 0.25) is 0 Å². The summed E-state index contributed by atoms with van der Waals surface area (Å²) < 4.78 is 36.4. The summed E-state index contributed by atoms with van der Waals surface area (Å²) in [5, 5.41) is 0. The molecular weight excluding hydrogens is 911 g/mol. The zero-order valence-electron chi connectivity index (χ0n) is 50.3. The van der Waals surface area contributed by atoms with Crippen molar-refractivity contribution in [1.82, 2.24) is 0 Å². The molecule has 0 fully saturated rings. The second-order valence-electron chi connectivity index (χ2n) is 23.5. The van der Waals surface area contributed by atoms with E-state index in [4.69, 9.17) is 0 Å². The van der Waals surface area contributed by atoms with E-state index in [1.165, 1.54) is 347 Å². The Balaban J connectivity index is 4.74. The molecule has 0 N–H and O–H groups in total. The van der Waals surface area contributed by atoms with E-state index in [2.05, 4.69) is 57.6 Å². The summed E-state index contributed by atoms with van der Waals surface area (Å²) in [4.78, 5) is 0. The van der Waals surface area contributed by atoms with Crippen molar-refractivity contribution >= 4 is 10.1 Å². The average Bonchev–Trinajstić information content (AvgIpc) is 3.38. The van der Waals surface area contributed by atoms with Crippen LogP contribution in [0.2, 0.25) is 0 Å². The smallest absolute Gasteiger partial charge is 0.104 e. The van der Waals surface area contributed by atoms with Crippen LogP contribution >= 0.6 is 0 Å². The van der Waals surface area contributed by atoms with E-state index in [0.717, 1.165) is 19.3 Å². The second kappa shape index (κ2) is 60.3. The zero-order chi connectivity index (χ0) is 53.0. The maximum atomic E-state index is 12.0. The van der Waals surface area contributed by atoms with Crippen molar-refractivity contribution < 1.29 is 17.5 Å². The quantitative estimate of drug-likeness (QED) is 0.0346. The fourth-order valence-corrected chi connectivity index (χ4v) is 11.5. The van der Waals surface area contributed by atoms with Crippen molar-refractivity contribution in [2.75, 3.05) is 12.3 Å². The predicted molar refractivity (Wildman–Crippen MR) is 327 cm³/mol. The molecule has 0 aromatic rings. The molecule has 0 saturated carbocycles. The lowest BCUT2D eigenvalue weighted by Crippen LogP contribution is -2.35. The number of nitrogens with zero attached hydrogens (tertiary/aromatic N) is 1. The molecule has 434 valence electrons. The molecule has 0 radical (unpaired) electrons. The SMILES string of the molecule is CCCCCCCCCCCCCCCCCCCC/C=C/[N+](/C=C/CCCCCCCCCCCCCCCCCCCC)(/C=C/CCCCCCCCCCCCCCCCCCCC)CCS(=O)(=O)[O-]. The Hall–Kier alpha value is -0.910. The van der Waals surface area contributed by atoms with E-state index in [1.54, 1.807) is 0 Å². The van der Waals surface area contributed by atoms with E-state index < -0.39 is 10.1 Å². The molecule has 0 saturated heterocycles. The molecule has 73 heavy (non-hydrogen) atoms. The molecule has 0 bridgehead atoms. The third kappa shape index (κ3) is 60.2. The molecule has 0 aliphatic heterocycles. The molecule has 0 spiro atoms. The van der Waals surface area contributed by atoms with Crippen LogP contribution in [-0.4, -0.2) is 29.8 Å². The summed E-state index contributed by atoms with van der Waals surface area (Å²) in [5.41, 5.74) is 0. The van der Waals surface area contributed by atoms with Gasteiger partial charge in [-0.15, -0.1) is 0 Å². The predicted octanol–water partition coefficient (Wildman–Crippen LogP) is 24.2. The van der Waals surface area contributed by atoms with Crippen molar-refractivity contribution in [3.8, 4) is 0 Å². The Morgan fingerprint density at radius 3 is 0.562 bits per heavy atom. The minimum atomic E-state index is -4.32. The van der Waals surface area contributed by atoms with Gasteiger partial charge in [-0.05, 0) is 56.8 Å². The second-order valence-corrected chi connectivity index (χ2v) is 25.1. The van der Waals surface area contributed by atoms with Crippen molar-refractivity contribution in [2.24, 2.45) is 0 Å². The number of rotatable bonds is 63. The molecule has 0 unspecified atom stereocenters. The van der Waals surface area contributed by atoms with Crippen molar-refractivity contribution in [3.05, 3.63) is 36.8 Å². The van der Waals surface area contributed by atoms with Gasteiger partial charge in [-0.2, -0.15) is 0 Å². The molecule has 0 heterocycles. The number of hydrogen-bond acceptors (Lipinski definition) is 3. The lowest BCUT2D eigenvalue weighted by molar-refractivity contribution is -0.770. The molecule has 0 atom stereocenters. The topological polar surface area (TPSA) is 57.2 Å². The lowest BCUT2D eigenvalue weighted by Gasteiger charge is -2.27. The highest BCUT2D eigenvalue weighted by molar-refractivity contribution is 7.85. The molecule has 4 nitrogen and oxygen atoms in total. The van der Waals surface area contributed by atoms with E-state index in [1.807, 2.05) is 0 Å². The zero-order valence-corrected chi connectivity index (χ0v) is 51.1. The lowest BCUT2D eigenvalue weighted by atomic mass is 10.0. The maximum Gasteiger partial charge on any atom is 0.104 e. The molecule has 5 heteroatoms. The van der Waals surface area contributed by atoms with Crippen LogP contribution in [0.4, 0.5) is 0 Å². The normalized spacial score (nSPS) is 12.5. The molecular formula is C68H133NO3S. The first-order valence-electron chi connectivity index (χ1n) is 33.7. The molecule has 0 aliphatic rings. The summed E-state index contributed by atoms with van der Waals surface area (Å²) in [5.74, 6) is -0.344. The third-order valence-corrected chi connectivity index (χ3v) is 16.7. The number of allylic oxidation sites excluding steroid dienone is 3. The standard InChI is InChI=1S/C68H133NO3S/c1-4-7-10-13-16-19-22-25-28-31-34-37-40-43-46-49-52-55-58-61-64-69(67-68-73(70,71)72,65-62-59-56-53-50-47-44-41-38-35-32-29-26-23-20-17-14-11-8-5-2)66-63-60-57-54-51-48-45-42-39-36-33-30-27-24-21-18-15-12-9-6-3/h61-66H,4-60,67-68H2,1-3H3/b64-61+,65-62+,66-63+. The van der Waals surface area contributed by atoms with Crippen LogP contribution in [0.5, 0.6) is 0 Å². The Kier molecular flexibility index (Phi) is 59.6. The molecule has 0 aliphatic carbocycles. The minimum Gasteiger partial charge on any atom is -0.748 e. The molecule has 0 amide bonds. The highest BCUT2D eigenvalue weighted by atomic mass is 32.2. The van der Waals surface area contributed by atoms with Crippen molar-refractivity contribution in [3.63, 3.8) is 0 Å². The Morgan fingerprint density at radius 1 is 0.260 bits per heavy atom. The first-order valence-corrected chi connectivity index (χ1v) is 35.3. The van der Waals surface area contributed by atoms with E-state index in [0.29, 0.717) is 4.48 Å². The highest BCUT2D eigenvalue weighted by Gasteiger charge is 2.20. The van der Waals surface area contributed by atoms with Crippen LogP contribution in [0.3, 0.4) is 0 Å². The molecule has 0 aromatic carbocycles. The maximum absolute atomic E-state index is 12.0. The van der Waals surface area contributed by atoms with E-state index in [9.17, 15) is 13.0 Å². The molecule has 0 rings (SSSR count). The Labute approximate surface area is 461 Å². The van der Waals surface area contributed by atoms with Crippen molar-refractivity contribution in [2.45, 2.75) is 387 Å². The fourth-order valence-electron chi connectivity index (χ4n) is 10.9. The van der Waals surface area contributed by atoms with Crippen LogP contribution in [0.15, 0.2) is 36.8 Å². The van der Waals surface area contributed by atoms with Gasteiger partial charge in [-0.25, -0.2) is 12.9 Å². The minimum absolute atomic E-state index is 0.271. The van der Waals surface area contributed by atoms with Crippen molar-refractivity contribution in [1.29, 1.82) is 0 Å². The highest BCUT2D eigenvalue weighted by Crippen LogP contribution is 2.21. The summed E-state index contributed by atoms with van der Waals surface area (Å²) in [6, 6.07) is 0. The Bertz CT molecular complexity index is 1120. The number of hydrogen-bond donors (Lipinski definition) is 0. The van der Waals surface area contributed by atoms with Gasteiger partial charge in [0.25, 0.3) is 0 Å². The summed E-state index contributed by atoms with van der Waals surface area (Å²) >= 11 is 0. The average molecular weight is 1040 g/mol. The monoisotopic (exact) mass is 1040 g/mol. The van der Waals surface area contributed by atoms with Crippen LogP contribution < -0.4 is 0 Å². The van der Waals surface area contributed by atoms with Crippen LogP contribution in [0.1, 0.15) is 387 Å². The number of unbranched alkanes of at least 4 members (excludes halogenated alkanes) is 54. The molecule has 0 aromatic heterocycles. The Morgan fingerprint density at radius 2 is 0.411 bits per heavy atom. The first-order chi connectivity index (χ1) is 35.9. The van der Waals surface area contributed by atoms with Crippen LogP contribution in [0.25, 0.3) is 0 Å². The fraction of sp³-hybridized carbons (Fsp3) is 0.912. The van der Waals surface area contributed by atoms with Gasteiger partial charge in [0.15, 0.2) is 0 Å². The van der Waals surface area contributed by atoms with Crippen LogP contribution in [-0.2, 0) is 10.1 Å². The van der Waals surface area contributed by atoms with Gasteiger partial charge >= 0.3 is 0 Å².